The van der Waals surface area contributed by atoms with Gasteiger partial charge in [0, 0.05) is 12.0 Å². The number of carbonyl (C=O) groups is 1. The first kappa shape index (κ1) is 12.8. The number of Topliss-reactive ketones (excluding diaryl/α,β-unsaturated/α-hetero) is 1. The van der Waals surface area contributed by atoms with Crippen molar-refractivity contribution in [2.45, 2.75) is 25.8 Å². The fourth-order valence-electron chi connectivity index (χ4n) is 1.22. The van der Waals surface area contributed by atoms with Crippen LogP contribution in [0.4, 0.5) is 8.78 Å². The van der Waals surface area contributed by atoms with E-state index < -0.39 is 17.2 Å². The molecule has 0 aliphatic heterocycles. The van der Waals surface area contributed by atoms with E-state index in [0.29, 0.717) is 0 Å². The van der Waals surface area contributed by atoms with Crippen molar-refractivity contribution >= 4 is 5.78 Å². The summed E-state index contributed by atoms with van der Waals surface area (Å²) in [6.45, 7) is 3.35. The average Bonchev–Trinajstić information content (AvgIpc) is 2.23. The van der Waals surface area contributed by atoms with Gasteiger partial charge in [-0.05, 0) is 33.0 Å². The molecule has 0 bridgehead atoms. The van der Waals surface area contributed by atoms with Crippen molar-refractivity contribution in [1.82, 2.24) is 5.32 Å². The lowest BCUT2D eigenvalue weighted by atomic mass is 9.93. The van der Waals surface area contributed by atoms with E-state index in [9.17, 15) is 13.6 Å². The summed E-state index contributed by atoms with van der Waals surface area (Å²) < 4.78 is 26.6. The Labute approximate surface area is 93.7 Å². The van der Waals surface area contributed by atoms with Gasteiger partial charge in [0.15, 0.2) is 5.78 Å². The van der Waals surface area contributed by atoms with Crippen molar-refractivity contribution in [2.75, 3.05) is 7.05 Å². The van der Waals surface area contributed by atoms with Gasteiger partial charge >= 0.3 is 0 Å². The van der Waals surface area contributed by atoms with Gasteiger partial charge in [0.1, 0.15) is 11.6 Å². The zero-order valence-corrected chi connectivity index (χ0v) is 9.60. The van der Waals surface area contributed by atoms with Crippen LogP contribution in [0.5, 0.6) is 0 Å². The molecule has 0 amide bonds. The summed E-state index contributed by atoms with van der Waals surface area (Å²) in [6, 6.07) is 3.58. The molecule has 0 saturated heterocycles. The Morgan fingerprint density at radius 3 is 2.25 bits per heavy atom. The second-order valence-corrected chi connectivity index (χ2v) is 4.18. The summed E-state index contributed by atoms with van der Waals surface area (Å²) >= 11 is 0. The van der Waals surface area contributed by atoms with Gasteiger partial charge in [-0.15, -0.1) is 0 Å². The maximum Gasteiger partial charge on any atom is 0.156 e. The van der Waals surface area contributed by atoms with E-state index in [4.69, 9.17) is 0 Å². The number of ketones is 1. The van der Waals surface area contributed by atoms with Crippen LogP contribution in [0.2, 0.25) is 0 Å². The summed E-state index contributed by atoms with van der Waals surface area (Å²) in [5.41, 5.74) is -0.954. The van der Waals surface area contributed by atoms with Crippen molar-refractivity contribution in [1.29, 1.82) is 0 Å². The van der Waals surface area contributed by atoms with Crippen LogP contribution < -0.4 is 5.32 Å². The zero-order chi connectivity index (χ0) is 12.3. The van der Waals surface area contributed by atoms with Gasteiger partial charge in [-0.2, -0.15) is 0 Å². The van der Waals surface area contributed by atoms with Crippen LogP contribution in [-0.4, -0.2) is 18.4 Å². The summed E-state index contributed by atoms with van der Waals surface area (Å²) in [6.07, 6.45) is -0.244. The number of hydrogen-bond acceptors (Lipinski definition) is 2. The van der Waals surface area contributed by atoms with Crippen molar-refractivity contribution in [3.8, 4) is 0 Å². The van der Waals surface area contributed by atoms with Gasteiger partial charge in [-0.25, -0.2) is 8.78 Å². The molecule has 0 atom stereocenters. The van der Waals surface area contributed by atoms with E-state index in [0.717, 1.165) is 12.1 Å². The molecule has 1 aromatic rings. The SMILES string of the molecule is CNC(C)(C)C(=O)Cc1c(F)cccc1F. The fraction of sp³-hybridized carbons (Fsp3) is 0.417. The van der Waals surface area contributed by atoms with Gasteiger partial charge in [-0.3, -0.25) is 4.79 Å². The van der Waals surface area contributed by atoms with Crippen molar-refractivity contribution < 1.29 is 13.6 Å². The van der Waals surface area contributed by atoms with Gasteiger partial charge in [-0.1, -0.05) is 6.07 Å². The van der Waals surface area contributed by atoms with Crippen LogP contribution in [0.3, 0.4) is 0 Å². The van der Waals surface area contributed by atoms with E-state index in [1.54, 1.807) is 20.9 Å². The first-order chi connectivity index (χ1) is 7.38. The van der Waals surface area contributed by atoms with Crippen LogP contribution in [0.25, 0.3) is 0 Å². The lowest BCUT2D eigenvalue weighted by molar-refractivity contribution is -0.123. The van der Waals surface area contributed by atoms with Gasteiger partial charge < -0.3 is 5.32 Å². The fourth-order valence-corrected chi connectivity index (χ4v) is 1.22. The number of benzene rings is 1. The molecule has 0 aliphatic carbocycles. The number of hydrogen-bond donors (Lipinski definition) is 1. The molecule has 16 heavy (non-hydrogen) atoms. The second-order valence-electron chi connectivity index (χ2n) is 4.18. The normalized spacial score (nSPS) is 11.6. The molecular formula is C12H15F2NO. The third-order valence-electron chi connectivity index (χ3n) is 2.72. The Balaban J connectivity index is 2.94. The predicted molar refractivity (Wildman–Crippen MR) is 58.2 cm³/mol. The highest BCUT2D eigenvalue weighted by Gasteiger charge is 2.26. The molecule has 1 aromatic carbocycles. The highest BCUT2D eigenvalue weighted by atomic mass is 19.1. The molecule has 1 rings (SSSR count). The number of likely N-dealkylation sites (N-methyl/N-ethyl adjacent to an activating group) is 1. The molecule has 0 aliphatic rings. The minimum atomic E-state index is -0.783. The minimum absolute atomic E-state index is 0.171. The molecule has 0 radical (unpaired) electrons. The molecule has 1 N–H and O–H groups in total. The molecule has 4 heteroatoms. The highest BCUT2D eigenvalue weighted by molar-refractivity contribution is 5.89. The van der Waals surface area contributed by atoms with Gasteiger partial charge in [0.2, 0.25) is 0 Å². The summed E-state index contributed by atoms with van der Waals surface area (Å²) in [5, 5.41) is 2.81. The van der Waals surface area contributed by atoms with Crippen LogP contribution >= 0.6 is 0 Å². The van der Waals surface area contributed by atoms with Gasteiger partial charge in [0.05, 0.1) is 5.54 Å². The van der Waals surface area contributed by atoms with Crippen molar-refractivity contribution in [3.05, 3.63) is 35.4 Å². The topological polar surface area (TPSA) is 29.1 Å². The number of nitrogens with one attached hydrogen (secondary N) is 1. The van der Waals surface area contributed by atoms with E-state index in [2.05, 4.69) is 5.32 Å². The lowest BCUT2D eigenvalue weighted by Crippen LogP contribution is -2.45. The Hall–Kier alpha value is -1.29. The number of carbonyl (C=O) groups excluding carboxylic acids is 1. The molecule has 88 valence electrons. The first-order valence-electron chi connectivity index (χ1n) is 5.03. The first-order valence-corrected chi connectivity index (χ1v) is 5.03. The van der Waals surface area contributed by atoms with Crippen molar-refractivity contribution in [2.24, 2.45) is 0 Å². The quantitative estimate of drug-likeness (QED) is 0.853. The maximum absolute atomic E-state index is 13.3. The van der Waals surface area contributed by atoms with Crippen LogP contribution in [0.15, 0.2) is 18.2 Å². The Morgan fingerprint density at radius 1 is 1.31 bits per heavy atom. The average molecular weight is 227 g/mol. The standard InChI is InChI=1S/C12H15F2NO/c1-12(2,15-3)11(16)7-8-9(13)5-4-6-10(8)14/h4-6,15H,7H2,1-3H3. The van der Waals surface area contributed by atoms with Gasteiger partial charge in [0.25, 0.3) is 0 Å². The highest BCUT2D eigenvalue weighted by Crippen LogP contribution is 2.16. The minimum Gasteiger partial charge on any atom is -0.308 e. The molecule has 0 spiro atoms. The zero-order valence-electron chi connectivity index (χ0n) is 9.60. The Kier molecular flexibility index (Phi) is 3.75. The molecule has 0 fully saturated rings. The van der Waals surface area contributed by atoms with Crippen LogP contribution in [0.1, 0.15) is 19.4 Å². The molecule has 0 saturated carbocycles. The summed E-state index contributed by atoms with van der Waals surface area (Å²) in [5.74, 6) is -1.61. The smallest absolute Gasteiger partial charge is 0.156 e. The van der Waals surface area contributed by atoms with Crippen LogP contribution in [-0.2, 0) is 11.2 Å². The number of rotatable bonds is 4. The summed E-state index contributed by atoms with van der Waals surface area (Å²) in [4.78, 5) is 11.8. The summed E-state index contributed by atoms with van der Waals surface area (Å²) in [7, 11) is 1.63. The monoisotopic (exact) mass is 227 g/mol. The number of halogens is 2. The van der Waals surface area contributed by atoms with Crippen molar-refractivity contribution in [3.63, 3.8) is 0 Å². The molecule has 0 aromatic heterocycles. The molecule has 0 unspecified atom stereocenters. The van der Waals surface area contributed by atoms with E-state index in [1.807, 2.05) is 0 Å². The lowest BCUT2D eigenvalue weighted by Gasteiger charge is -2.22. The van der Waals surface area contributed by atoms with Crippen LogP contribution in [0, 0.1) is 11.6 Å². The Morgan fingerprint density at radius 2 is 1.81 bits per heavy atom. The third kappa shape index (κ3) is 2.64. The van der Waals surface area contributed by atoms with E-state index >= 15 is 0 Å². The molecule has 2 nitrogen and oxygen atoms in total. The largest absolute Gasteiger partial charge is 0.308 e. The predicted octanol–water partition coefficient (Wildman–Crippen LogP) is 2.07. The molecular weight excluding hydrogens is 212 g/mol. The Bertz CT molecular complexity index is 382. The third-order valence-corrected chi connectivity index (χ3v) is 2.72. The van der Waals surface area contributed by atoms with E-state index in [1.165, 1.54) is 6.07 Å². The van der Waals surface area contributed by atoms with E-state index in [-0.39, 0.29) is 17.8 Å². The second kappa shape index (κ2) is 4.70. The maximum atomic E-state index is 13.3. The molecule has 0 heterocycles.